The molecule has 2 rings (SSSR count). The van der Waals surface area contributed by atoms with E-state index in [2.05, 4.69) is 0 Å². The van der Waals surface area contributed by atoms with Crippen molar-refractivity contribution in [2.75, 3.05) is 4.90 Å². The van der Waals surface area contributed by atoms with Gasteiger partial charge in [0.25, 0.3) is 11.8 Å². The minimum Gasteiger partial charge on any atom is -0.290 e. The maximum absolute atomic E-state index is 11.8. The Morgan fingerprint density at radius 3 is 1.86 bits per heavy atom. The molecule has 0 fully saturated rings. The molecule has 0 radical (unpaired) electrons. The van der Waals surface area contributed by atoms with E-state index in [1.807, 2.05) is 4.40 Å². The summed E-state index contributed by atoms with van der Waals surface area (Å²) in [5.41, 5.74) is 10.3. The van der Waals surface area contributed by atoms with Crippen LogP contribution in [0, 0.1) is 0 Å². The van der Waals surface area contributed by atoms with Gasteiger partial charge in [0.15, 0.2) is 0 Å². The molecule has 1 aromatic carbocycles. The SMILES string of the molecule is NC(N)=[NH+]S(=O)(=O)c1ccc(N2C(=O)C(Cl)=C(Cl)C2=O)cc1. The van der Waals surface area contributed by atoms with Gasteiger partial charge in [-0.2, -0.15) is 12.8 Å². The Kier molecular flexibility index (Phi) is 4.14. The van der Waals surface area contributed by atoms with Gasteiger partial charge in [-0.3, -0.25) is 21.1 Å². The van der Waals surface area contributed by atoms with Gasteiger partial charge in [-0.15, -0.1) is 0 Å². The molecule has 0 atom stereocenters. The molecule has 8 nitrogen and oxygen atoms in total. The number of anilines is 1. The molecular formula is C11H9Cl2N4O4S+. The van der Waals surface area contributed by atoms with Crippen molar-refractivity contribution in [3.05, 3.63) is 34.3 Å². The van der Waals surface area contributed by atoms with Crippen LogP contribution in [0.4, 0.5) is 5.69 Å². The number of sulfonamides is 1. The molecule has 0 saturated carbocycles. The molecule has 22 heavy (non-hydrogen) atoms. The predicted octanol–water partition coefficient (Wildman–Crippen LogP) is -1.71. The molecule has 0 aromatic heterocycles. The zero-order chi connectivity index (χ0) is 16.7. The number of imide groups is 1. The van der Waals surface area contributed by atoms with E-state index >= 15 is 0 Å². The number of amides is 2. The van der Waals surface area contributed by atoms with Crippen molar-refractivity contribution < 1.29 is 22.4 Å². The highest BCUT2D eigenvalue weighted by molar-refractivity contribution is 7.84. The normalized spacial score (nSPS) is 15.5. The number of hydrogen-bond acceptors (Lipinski definition) is 4. The molecule has 2 amide bonds. The van der Waals surface area contributed by atoms with Gasteiger partial charge in [0.05, 0.1) is 5.69 Å². The third-order valence-electron chi connectivity index (χ3n) is 2.63. The average molecular weight is 364 g/mol. The van der Waals surface area contributed by atoms with Crippen LogP contribution < -0.4 is 20.8 Å². The van der Waals surface area contributed by atoms with E-state index in [1.54, 1.807) is 0 Å². The van der Waals surface area contributed by atoms with Crippen molar-refractivity contribution in [2.45, 2.75) is 4.90 Å². The highest BCUT2D eigenvalue weighted by Crippen LogP contribution is 2.31. The van der Waals surface area contributed by atoms with Gasteiger partial charge in [-0.05, 0) is 24.3 Å². The lowest BCUT2D eigenvalue weighted by Gasteiger charge is -2.14. The van der Waals surface area contributed by atoms with Crippen LogP contribution in [0.25, 0.3) is 0 Å². The Bertz CT molecular complexity index is 802. The van der Waals surface area contributed by atoms with Crippen LogP contribution >= 0.6 is 23.2 Å². The molecule has 0 spiro atoms. The lowest BCUT2D eigenvalue weighted by molar-refractivity contribution is -0.270. The lowest BCUT2D eigenvalue weighted by atomic mass is 10.3. The predicted molar refractivity (Wildman–Crippen MR) is 79.2 cm³/mol. The zero-order valence-corrected chi connectivity index (χ0v) is 13.0. The Labute approximate surface area is 135 Å². The van der Waals surface area contributed by atoms with Gasteiger partial charge in [0.1, 0.15) is 15.0 Å². The zero-order valence-electron chi connectivity index (χ0n) is 10.7. The number of nitrogens with zero attached hydrogens (tertiary/aromatic N) is 1. The van der Waals surface area contributed by atoms with Gasteiger partial charge < -0.3 is 0 Å². The molecule has 5 N–H and O–H groups in total. The molecule has 116 valence electrons. The molecule has 0 saturated heterocycles. The number of carbonyl (C=O) groups is 2. The van der Waals surface area contributed by atoms with Crippen molar-refractivity contribution in [1.82, 2.24) is 0 Å². The van der Waals surface area contributed by atoms with Gasteiger partial charge in [-0.1, -0.05) is 23.2 Å². The first-order valence-electron chi connectivity index (χ1n) is 5.60. The topological polar surface area (TPSA) is 138 Å². The van der Waals surface area contributed by atoms with E-state index < -0.39 is 37.9 Å². The summed E-state index contributed by atoms with van der Waals surface area (Å²) in [5.74, 6) is -2.06. The third kappa shape index (κ3) is 2.78. The second-order valence-corrected chi connectivity index (χ2v) is 6.57. The minimum atomic E-state index is -3.94. The van der Waals surface area contributed by atoms with Crippen LogP contribution in [-0.4, -0.2) is 26.2 Å². The Hall–Kier alpha value is -2.10. The molecule has 11 heteroatoms. The van der Waals surface area contributed by atoms with Crippen molar-refractivity contribution in [3.8, 4) is 0 Å². The largest absolute Gasteiger partial charge is 0.353 e. The van der Waals surface area contributed by atoms with Crippen LogP contribution in [0.1, 0.15) is 0 Å². The van der Waals surface area contributed by atoms with Crippen molar-refractivity contribution >= 4 is 56.7 Å². The molecule has 1 heterocycles. The number of halogens is 2. The van der Waals surface area contributed by atoms with Crippen LogP contribution in [0.5, 0.6) is 0 Å². The van der Waals surface area contributed by atoms with Gasteiger partial charge in [0.2, 0.25) is 0 Å². The lowest BCUT2D eigenvalue weighted by Crippen LogP contribution is -2.80. The van der Waals surface area contributed by atoms with Gasteiger partial charge in [0, 0.05) is 0 Å². The molecule has 1 aromatic rings. The summed E-state index contributed by atoms with van der Waals surface area (Å²) in [5, 5.41) is -0.786. The molecule has 0 unspecified atom stereocenters. The third-order valence-corrected chi connectivity index (χ3v) is 4.83. The van der Waals surface area contributed by atoms with Crippen LogP contribution in [0.15, 0.2) is 39.2 Å². The number of guanidine groups is 1. The number of benzene rings is 1. The molecule has 1 aliphatic rings. The maximum Gasteiger partial charge on any atom is 0.353 e. The smallest absolute Gasteiger partial charge is 0.290 e. The number of nitrogens with two attached hydrogens (primary N) is 2. The average Bonchev–Trinajstić information content (AvgIpc) is 2.62. The molecular weight excluding hydrogens is 355 g/mol. The summed E-state index contributed by atoms with van der Waals surface area (Å²) < 4.78 is 25.5. The first-order valence-corrected chi connectivity index (χ1v) is 7.84. The van der Waals surface area contributed by atoms with E-state index in [9.17, 15) is 18.0 Å². The summed E-state index contributed by atoms with van der Waals surface area (Å²) in [6.07, 6.45) is 0. The summed E-state index contributed by atoms with van der Waals surface area (Å²) in [6, 6.07) is 4.83. The van der Waals surface area contributed by atoms with E-state index in [0.29, 0.717) is 0 Å². The summed E-state index contributed by atoms with van der Waals surface area (Å²) >= 11 is 11.2. The second-order valence-electron chi connectivity index (χ2n) is 4.13. The Morgan fingerprint density at radius 1 is 1.00 bits per heavy atom. The van der Waals surface area contributed by atoms with Gasteiger partial charge >= 0.3 is 16.0 Å². The molecule has 0 bridgehead atoms. The standard InChI is InChI=1S/C11H8Cl2N4O4S/c12-7-8(13)10(19)17(9(7)18)5-1-3-6(4-2-5)22(20,21)16-11(14)15/h1-4H,(H4,14,15,16)/p+1. The molecule has 0 aliphatic carbocycles. The fourth-order valence-corrected chi connectivity index (χ4v) is 2.95. The van der Waals surface area contributed by atoms with Crippen LogP contribution in [0.3, 0.4) is 0 Å². The van der Waals surface area contributed by atoms with E-state index in [4.69, 9.17) is 34.7 Å². The van der Waals surface area contributed by atoms with E-state index in [0.717, 1.165) is 4.90 Å². The Morgan fingerprint density at radius 2 is 1.45 bits per heavy atom. The number of hydrogen-bond donors (Lipinski definition) is 3. The summed E-state index contributed by atoms with van der Waals surface area (Å²) in [7, 11) is -3.94. The maximum atomic E-state index is 11.8. The first-order chi connectivity index (χ1) is 10.1. The molecule has 1 aliphatic heterocycles. The van der Waals surface area contributed by atoms with Crippen molar-refractivity contribution in [3.63, 3.8) is 0 Å². The Balaban J connectivity index is 2.38. The quantitative estimate of drug-likeness (QED) is 0.332. The van der Waals surface area contributed by atoms with Gasteiger partial charge in [-0.25, -0.2) is 4.90 Å². The van der Waals surface area contributed by atoms with Crippen LogP contribution in [0.2, 0.25) is 0 Å². The number of rotatable bonds is 3. The number of carbonyl (C=O) groups excluding carboxylic acids is 2. The van der Waals surface area contributed by atoms with E-state index in [1.165, 1.54) is 24.3 Å². The number of nitrogens with one attached hydrogen (secondary N) is 1. The second kappa shape index (κ2) is 5.59. The highest BCUT2D eigenvalue weighted by atomic mass is 35.5. The van der Waals surface area contributed by atoms with Crippen molar-refractivity contribution in [1.29, 1.82) is 0 Å². The minimum absolute atomic E-state index is 0.118. The highest BCUT2D eigenvalue weighted by Gasteiger charge is 2.37. The fourth-order valence-electron chi connectivity index (χ4n) is 1.70. The van der Waals surface area contributed by atoms with Crippen LogP contribution in [-0.2, 0) is 19.6 Å². The summed E-state index contributed by atoms with van der Waals surface area (Å²) in [4.78, 5) is 24.2. The monoisotopic (exact) mass is 363 g/mol. The van der Waals surface area contributed by atoms with E-state index in [-0.39, 0.29) is 10.6 Å². The van der Waals surface area contributed by atoms with Crippen molar-refractivity contribution in [2.24, 2.45) is 11.5 Å². The summed E-state index contributed by atoms with van der Waals surface area (Å²) in [6.45, 7) is 0. The first kappa shape index (κ1) is 16.3. The fraction of sp³-hybridized carbons (Fsp3) is 0.